The van der Waals surface area contributed by atoms with Crippen LogP contribution in [-0.4, -0.2) is 35.4 Å². The SMILES string of the molecule is CC(C(=O)NC1CCCCC1)N(Cc1ccc(Cl)c(Cl)c1)C(=O)COc1ccc(C(C)(C)C)cc1. The Hall–Kier alpha value is -2.24. The number of nitrogens with one attached hydrogen (secondary N) is 1. The van der Waals surface area contributed by atoms with Crippen LogP contribution in [0.1, 0.15) is 70.9 Å². The van der Waals surface area contributed by atoms with Crippen LogP contribution < -0.4 is 10.1 Å². The molecule has 5 nitrogen and oxygen atoms in total. The van der Waals surface area contributed by atoms with Gasteiger partial charge in [-0.25, -0.2) is 0 Å². The van der Waals surface area contributed by atoms with Crippen molar-refractivity contribution in [2.45, 2.75) is 83.8 Å². The van der Waals surface area contributed by atoms with E-state index in [2.05, 4.69) is 26.1 Å². The molecular formula is C28H36Cl2N2O3. The van der Waals surface area contributed by atoms with Gasteiger partial charge in [0.25, 0.3) is 5.91 Å². The first kappa shape index (κ1) is 27.3. The Bertz CT molecular complexity index is 1010. The van der Waals surface area contributed by atoms with E-state index in [1.54, 1.807) is 24.0 Å². The van der Waals surface area contributed by atoms with Crippen LogP contribution in [0.5, 0.6) is 5.75 Å². The van der Waals surface area contributed by atoms with Gasteiger partial charge >= 0.3 is 0 Å². The molecule has 1 atom stereocenters. The van der Waals surface area contributed by atoms with Crippen LogP contribution in [0.4, 0.5) is 0 Å². The minimum absolute atomic E-state index is 0.0339. The van der Waals surface area contributed by atoms with E-state index in [-0.39, 0.29) is 36.4 Å². The van der Waals surface area contributed by atoms with Gasteiger partial charge in [0, 0.05) is 12.6 Å². The summed E-state index contributed by atoms with van der Waals surface area (Å²) in [5, 5.41) is 3.98. The van der Waals surface area contributed by atoms with Crippen LogP contribution >= 0.6 is 23.2 Å². The number of hydrogen-bond acceptors (Lipinski definition) is 3. The van der Waals surface area contributed by atoms with Gasteiger partial charge in [-0.05, 0) is 60.6 Å². The monoisotopic (exact) mass is 518 g/mol. The molecule has 1 N–H and O–H groups in total. The molecule has 1 saturated carbocycles. The second-order valence-corrected chi connectivity index (χ2v) is 11.2. The maximum absolute atomic E-state index is 13.3. The molecule has 1 fully saturated rings. The summed E-state index contributed by atoms with van der Waals surface area (Å²) >= 11 is 12.3. The summed E-state index contributed by atoms with van der Waals surface area (Å²) in [5.74, 6) is 0.183. The Kier molecular flexibility index (Phi) is 9.48. The van der Waals surface area contributed by atoms with E-state index in [0.717, 1.165) is 31.2 Å². The summed E-state index contributed by atoms with van der Waals surface area (Å²) in [4.78, 5) is 27.9. The zero-order valence-electron chi connectivity index (χ0n) is 21.1. The van der Waals surface area contributed by atoms with Gasteiger partial charge < -0.3 is 15.0 Å². The molecule has 0 aliphatic heterocycles. The number of carbonyl (C=O) groups is 2. The lowest BCUT2D eigenvalue weighted by molar-refractivity contribution is -0.142. The minimum atomic E-state index is -0.661. The van der Waals surface area contributed by atoms with Crippen molar-refractivity contribution in [1.82, 2.24) is 10.2 Å². The number of ether oxygens (including phenoxy) is 1. The van der Waals surface area contributed by atoms with Gasteiger partial charge in [-0.3, -0.25) is 9.59 Å². The van der Waals surface area contributed by atoms with Crippen LogP contribution in [0.3, 0.4) is 0 Å². The van der Waals surface area contributed by atoms with Crippen LogP contribution in [-0.2, 0) is 21.5 Å². The van der Waals surface area contributed by atoms with Crippen molar-refractivity contribution in [3.05, 3.63) is 63.6 Å². The molecule has 2 aromatic carbocycles. The lowest BCUT2D eigenvalue weighted by Crippen LogP contribution is -2.51. The third kappa shape index (κ3) is 7.88. The number of amides is 2. The molecule has 3 rings (SSSR count). The maximum atomic E-state index is 13.3. The molecule has 0 radical (unpaired) electrons. The number of nitrogens with zero attached hydrogens (tertiary/aromatic N) is 1. The first-order chi connectivity index (χ1) is 16.5. The third-order valence-electron chi connectivity index (χ3n) is 6.54. The fourth-order valence-electron chi connectivity index (χ4n) is 4.27. The highest BCUT2D eigenvalue weighted by atomic mass is 35.5. The molecule has 2 amide bonds. The van der Waals surface area contributed by atoms with Crippen molar-refractivity contribution in [1.29, 1.82) is 0 Å². The van der Waals surface area contributed by atoms with Crippen molar-refractivity contribution < 1.29 is 14.3 Å². The van der Waals surface area contributed by atoms with Crippen molar-refractivity contribution in [2.75, 3.05) is 6.61 Å². The molecule has 190 valence electrons. The maximum Gasteiger partial charge on any atom is 0.261 e. The molecule has 0 aromatic heterocycles. The molecule has 1 aliphatic carbocycles. The summed E-state index contributed by atoms with van der Waals surface area (Å²) in [6.07, 6.45) is 5.40. The normalized spacial score (nSPS) is 15.4. The Balaban J connectivity index is 1.72. The van der Waals surface area contributed by atoms with Crippen LogP contribution in [0, 0.1) is 0 Å². The quantitative estimate of drug-likeness (QED) is 0.431. The van der Waals surface area contributed by atoms with Crippen molar-refractivity contribution in [3.63, 3.8) is 0 Å². The number of hydrogen-bond donors (Lipinski definition) is 1. The molecule has 0 spiro atoms. The fraction of sp³-hybridized carbons (Fsp3) is 0.500. The van der Waals surface area contributed by atoms with E-state index in [4.69, 9.17) is 27.9 Å². The Labute approximate surface area is 219 Å². The van der Waals surface area contributed by atoms with Gasteiger partial charge in [-0.2, -0.15) is 0 Å². The van der Waals surface area contributed by atoms with Crippen molar-refractivity contribution in [2.24, 2.45) is 0 Å². The van der Waals surface area contributed by atoms with Gasteiger partial charge in [0.2, 0.25) is 5.91 Å². The van der Waals surface area contributed by atoms with Crippen LogP contribution in [0.25, 0.3) is 0 Å². The van der Waals surface area contributed by atoms with E-state index in [1.165, 1.54) is 12.0 Å². The zero-order chi connectivity index (χ0) is 25.6. The zero-order valence-corrected chi connectivity index (χ0v) is 22.6. The molecule has 1 aliphatic rings. The molecule has 7 heteroatoms. The Morgan fingerprint density at radius 3 is 2.29 bits per heavy atom. The average Bonchev–Trinajstić information content (AvgIpc) is 2.83. The largest absolute Gasteiger partial charge is 0.484 e. The first-order valence-electron chi connectivity index (χ1n) is 12.3. The average molecular weight is 520 g/mol. The molecular weight excluding hydrogens is 483 g/mol. The summed E-state index contributed by atoms with van der Waals surface area (Å²) in [6, 6.07) is 12.5. The number of rotatable bonds is 8. The predicted molar refractivity (Wildman–Crippen MR) is 142 cm³/mol. The lowest BCUT2D eigenvalue weighted by Gasteiger charge is -2.31. The molecule has 1 unspecified atom stereocenters. The summed E-state index contributed by atoms with van der Waals surface area (Å²) in [6.45, 7) is 8.25. The van der Waals surface area contributed by atoms with Gasteiger partial charge in [0.15, 0.2) is 6.61 Å². The molecule has 0 heterocycles. The van der Waals surface area contributed by atoms with E-state index in [0.29, 0.717) is 15.8 Å². The lowest BCUT2D eigenvalue weighted by atomic mass is 9.87. The van der Waals surface area contributed by atoms with E-state index in [1.807, 2.05) is 30.3 Å². The van der Waals surface area contributed by atoms with Gasteiger partial charge in [0.05, 0.1) is 10.0 Å². The number of carbonyl (C=O) groups excluding carboxylic acids is 2. The second kappa shape index (κ2) is 12.1. The fourth-order valence-corrected chi connectivity index (χ4v) is 4.59. The summed E-state index contributed by atoms with van der Waals surface area (Å²) in [7, 11) is 0. The number of halogens is 2. The van der Waals surface area contributed by atoms with E-state index < -0.39 is 6.04 Å². The van der Waals surface area contributed by atoms with Gasteiger partial charge in [-0.1, -0.05) is 81.4 Å². The van der Waals surface area contributed by atoms with Gasteiger partial charge in [-0.15, -0.1) is 0 Å². The molecule has 35 heavy (non-hydrogen) atoms. The minimum Gasteiger partial charge on any atom is -0.484 e. The topological polar surface area (TPSA) is 58.6 Å². The highest BCUT2D eigenvalue weighted by Crippen LogP contribution is 2.26. The highest BCUT2D eigenvalue weighted by Gasteiger charge is 2.28. The van der Waals surface area contributed by atoms with Crippen LogP contribution in [0.15, 0.2) is 42.5 Å². The van der Waals surface area contributed by atoms with E-state index >= 15 is 0 Å². The highest BCUT2D eigenvalue weighted by molar-refractivity contribution is 6.42. The smallest absolute Gasteiger partial charge is 0.261 e. The number of benzene rings is 2. The third-order valence-corrected chi connectivity index (χ3v) is 7.28. The molecule has 0 bridgehead atoms. The summed E-state index contributed by atoms with van der Waals surface area (Å²) in [5.41, 5.74) is 2.01. The van der Waals surface area contributed by atoms with Crippen LogP contribution in [0.2, 0.25) is 10.0 Å². The second-order valence-electron chi connectivity index (χ2n) is 10.4. The van der Waals surface area contributed by atoms with Gasteiger partial charge in [0.1, 0.15) is 11.8 Å². The molecule has 0 saturated heterocycles. The first-order valence-corrected chi connectivity index (χ1v) is 13.1. The predicted octanol–water partition coefficient (Wildman–Crippen LogP) is 6.54. The van der Waals surface area contributed by atoms with E-state index in [9.17, 15) is 9.59 Å². The molecule has 2 aromatic rings. The Morgan fingerprint density at radius 2 is 1.69 bits per heavy atom. The standard InChI is InChI=1S/C28H36Cl2N2O3/c1-19(27(34)31-22-8-6-5-7-9-22)32(17-20-10-15-24(29)25(30)16-20)26(33)18-35-23-13-11-21(12-14-23)28(2,3)4/h10-16,19,22H,5-9,17-18H2,1-4H3,(H,31,34). The summed E-state index contributed by atoms with van der Waals surface area (Å²) < 4.78 is 5.81. The van der Waals surface area contributed by atoms with Crippen molar-refractivity contribution >= 4 is 35.0 Å². The Morgan fingerprint density at radius 1 is 1.03 bits per heavy atom. The van der Waals surface area contributed by atoms with Crippen molar-refractivity contribution in [3.8, 4) is 5.75 Å².